The van der Waals surface area contributed by atoms with Gasteiger partial charge in [0.1, 0.15) is 11.4 Å². The third-order valence-corrected chi connectivity index (χ3v) is 5.17. The Morgan fingerprint density at radius 1 is 1.00 bits per heavy atom. The summed E-state index contributed by atoms with van der Waals surface area (Å²) in [6.07, 6.45) is 0.754. The second kappa shape index (κ2) is 9.49. The zero-order valence-corrected chi connectivity index (χ0v) is 17.8. The lowest BCUT2D eigenvalue weighted by Crippen LogP contribution is -2.27. The van der Waals surface area contributed by atoms with E-state index in [9.17, 15) is 4.79 Å². The highest BCUT2D eigenvalue weighted by Gasteiger charge is 2.18. The van der Waals surface area contributed by atoms with Gasteiger partial charge in [-0.15, -0.1) is 0 Å². The molecule has 0 saturated heterocycles. The number of methoxy groups -OCH3 is 1. The monoisotopic (exact) mass is 431 g/mol. The number of benzene rings is 3. The topological polar surface area (TPSA) is 56.1 Å². The Morgan fingerprint density at radius 3 is 2.52 bits per heavy atom. The first-order valence-corrected chi connectivity index (χ1v) is 10.3. The van der Waals surface area contributed by atoms with Gasteiger partial charge in [-0.2, -0.15) is 5.10 Å². The van der Waals surface area contributed by atoms with Crippen molar-refractivity contribution < 1.29 is 9.53 Å². The summed E-state index contributed by atoms with van der Waals surface area (Å²) in [5, 5.41) is 8.33. The molecule has 6 heteroatoms. The van der Waals surface area contributed by atoms with Crippen LogP contribution in [0.3, 0.4) is 0 Å². The Kier molecular flexibility index (Phi) is 6.34. The summed E-state index contributed by atoms with van der Waals surface area (Å²) in [4.78, 5) is 13.0. The Morgan fingerprint density at radius 2 is 1.77 bits per heavy atom. The quantitative estimate of drug-likeness (QED) is 0.439. The molecule has 0 fully saturated rings. The van der Waals surface area contributed by atoms with E-state index in [2.05, 4.69) is 5.32 Å². The Hall–Kier alpha value is -3.57. The Bertz CT molecular complexity index is 1170. The third kappa shape index (κ3) is 4.95. The zero-order valence-electron chi connectivity index (χ0n) is 17.1. The van der Waals surface area contributed by atoms with Gasteiger partial charge >= 0.3 is 0 Å². The van der Waals surface area contributed by atoms with Crippen molar-refractivity contribution in [1.29, 1.82) is 0 Å². The highest BCUT2D eigenvalue weighted by molar-refractivity contribution is 6.30. The Labute approximate surface area is 186 Å². The van der Waals surface area contributed by atoms with Crippen molar-refractivity contribution in [1.82, 2.24) is 15.1 Å². The number of aromatic nitrogens is 2. The molecular formula is C25H22ClN3O2. The van der Waals surface area contributed by atoms with Gasteiger partial charge in [0.05, 0.1) is 18.5 Å². The molecule has 3 aromatic carbocycles. The molecule has 0 bridgehead atoms. The minimum Gasteiger partial charge on any atom is -0.497 e. The zero-order chi connectivity index (χ0) is 21.6. The van der Waals surface area contributed by atoms with Crippen molar-refractivity contribution in [3.05, 3.63) is 101 Å². The van der Waals surface area contributed by atoms with Crippen LogP contribution in [0.15, 0.2) is 84.9 Å². The SMILES string of the molecule is COc1cccc(-c2cc(C(=O)NCCc3ccccc3)n(-c3ccc(Cl)cc3)n2)c1. The number of rotatable bonds is 7. The molecule has 1 aromatic heterocycles. The average molecular weight is 432 g/mol. The van der Waals surface area contributed by atoms with E-state index in [1.54, 1.807) is 30.0 Å². The molecule has 1 N–H and O–H groups in total. The van der Waals surface area contributed by atoms with Crippen molar-refractivity contribution >= 4 is 17.5 Å². The number of nitrogens with zero attached hydrogens (tertiary/aromatic N) is 2. The van der Waals surface area contributed by atoms with E-state index in [0.29, 0.717) is 23.0 Å². The van der Waals surface area contributed by atoms with E-state index in [1.165, 1.54) is 5.56 Å². The van der Waals surface area contributed by atoms with E-state index in [0.717, 1.165) is 23.4 Å². The predicted octanol–water partition coefficient (Wildman–Crippen LogP) is 5.17. The molecule has 0 radical (unpaired) electrons. The molecule has 0 aliphatic rings. The van der Waals surface area contributed by atoms with Crippen molar-refractivity contribution in [2.75, 3.05) is 13.7 Å². The molecule has 0 spiro atoms. The smallest absolute Gasteiger partial charge is 0.270 e. The third-order valence-electron chi connectivity index (χ3n) is 4.92. The molecule has 0 aliphatic heterocycles. The number of ether oxygens (including phenoxy) is 1. The highest BCUT2D eigenvalue weighted by atomic mass is 35.5. The highest BCUT2D eigenvalue weighted by Crippen LogP contribution is 2.25. The van der Waals surface area contributed by atoms with Gasteiger partial charge in [0.2, 0.25) is 0 Å². The molecule has 31 heavy (non-hydrogen) atoms. The molecule has 1 amide bonds. The predicted molar refractivity (Wildman–Crippen MR) is 123 cm³/mol. The number of carbonyl (C=O) groups is 1. The lowest BCUT2D eigenvalue weighted by molar-refractivity contribution is 0.0946. The minimum atomic E-state index is -0.187. The molecule has 0 unspecified atom stereocenters. The second-order valence-corrected chi connectivity index (χ2v) is 7.46. The number of halogens is 1. The number of carbonyl (C=O) groups excluding carboxylic acids is 1. The van der Waals surface area contributed by atoms with Crippen LogP contribution >= 0.6 is 11.6 Å². The maximum atomic E-state index is 13.0. The van der Waals surface area contributed by atoms with E-state index >= 15 is 0 Å². The van der Waals surface area contributed by atoms with Crippen molar-refractivity contribution in [2.45, 2.75) is 6.42 Å². The number of hydrogen-bond acceptors (Lipinski definition) is 3. The van der Waals surface area contributed by atoms with Gasteiger partial charge in [0.25, 0.3) is 5.91 Å². The van der Waals surface area contributed by atoms with Gasteiger partial charge in [-0.05, 0) is 54.4 Å². The van der Waals surface area contributed by atoms with Crippen molar-refractivity contribution in [3.63, 3.8) is 0 Å². The second-order valence-electron chi connectivity index (χ2n) is 7.03. The molecule has 5 nitrogen and oxygen atoms in total. The summed E-state index contributed by atoms with van der Waals surface area (Å²) in [7, 11) is 1.62. The molecule has 4 aromatic rings. The summed E-state index contributed by atoms with van der Waals surface area (Å²) < 4.78 is 6.97. The minimum absolute atomic E-state index is 0.187. The fraction of sp³-hybridized carbons (Fsp3) is 0.120. The van der Waals surface area contributed by atoms with Crippen LogP contribution in [0.2, 0.25) is 5.02 Å². The standard InChI is InChI=1S/C25H22ClN3O2/c1-31-22-9-5-8-19(16-22)23-17-24(29(28-23)21-12-10-20(26)11-13-21)25(30)27-15-14-18-6-3-2-4-7-18/h2-13,16-17H,14-15H2,1H3,(H,27,30). The summed E-state index contributed by atoms with van der Waals surface area (Å²) >= 11 is 6.04. The van der Waals surface area contributed by atoms with Crippen molar-refractivity contribution in [3.8, 4) is 22.7 Å². The van der Waals surface area contributed by atoms with Crippen molar-refractivity contribution in [2.24, 2.45) is 0 Å². The fourth-order valence-electron chi connectivity index (χ4n) is 3.30. The van der Waals surface area contributed by atoms with Gasteiger partial charge < -0.3 is 10.1 Å². The molecule has 4 rings (SSSR count). The van der Waals surface area contributed by atoms with Gasteiger partial charge in [0, 0.05) is 17.1 Å². The average Bonchev–Trinajstić information content (AvgIpc) is 3.26. The lowest BCUT2D eigenvalue weighted by Gasteiger charge is -2.08. The first kappa shape index (κ1) is 20.7. The Balaban J connectivity index is 1.63. The number of hydrogen-bond donors (Lipinski definition) is 1. The van der Waals surface area contributed by atoms with E-state index in [4.69, 9.17) is 21.4 Å². The summed E-state index contributed by atoms with van der Waals surface area (Å²) in [6, 6.07) is 26.7. The number of nitrogens with one attached hydrogen (secondary N) is 1. The lowest BCUT2D eigenvalue weighted by atomic mass is 10.1. The van der Waals surface area contributed by atoms with Gasteiger partial charge in [-0.3, -0.25) is 4.79 Å². The van der Waals surface area contributed by atoms with Crippen LogP contribution in [-0.4, -0.2) is 29.3 Å². The molecule has 0 atom stereocenters. The van der Waals surface area contributed by atoms with Gasteiger partial charge in [-0.1, -0.05) is 54.1 Å². The van der Waals surface area contributed by atoms with Crippen LogP contribution in [0, 0.1) is 0 Å². The fourth-order valence-corrected chi connectivity index (χ4v) is 3.43. The maximum Gasteiger partial charge on any atom is 0.270 e. The van der Waals surface area contributed by atoms with Crippen LogP contribution in [0.25, 0.3) is 16.9 Å². The van der Waals surface area contributed by atoms with Crippen LogP contribution in [-0.2, 0) is 6.42 Å². The van der Waals surface area contributed by atoms with E-state index in [1.807, 2.05) is 66.7 Å². The molecule has 0 aliphatic carbocycles. The summed E-state index contributed by atoms with van der Waals surface area (Å²) in [5.74, 6) is 0.542. The number of amides is 1. The molecular weight excluding hydrogens is 410 g/mol. The van der Waals surface area contributed by atoms with Crippen LogP contribution in [0.1, 0.15) is 16.1 Å². The van der Waals surface area contributed by atoms with Crippen LogP contribution < -0.4 is 10.1 Å². The maximum absolute atomic E-state index is 13.0. The summed E-state index contributed by atoms with van der Waals surface area (Å²) in [6.45, 7) is 0.531. The van der Waals surface area contributed by atoms with Gasteiger partial charge in [0.15, 0.2) is 0 Å². The van der Waals surface area contributed by atoms with Crippen LogP contribution in [0.5, 0.6) is 5.75 Å². The molecule has 156 valence electrons. The molecule has 1 heterocycles. The summed E-state index contributed by atoms with van der Waals surface area (Å²) in [5.41, 5.74) is 3.93. The molecule has 0 saturated carbocycles. The van der Waals surface area contributed by atoms with Gasteiger partial charge in [-0.25, -0.2) is 4.68 Å². The van der Waals surface area contributed by atoms with Crippen LogP contribution in [0.4, 0.5) is 0 Å². The first-order valence-electron chi connectivity index (χ1n) is 9.96. The van der Waals surface area contributed by atoms with E-state index in [-0.39, 0.29) is 5.91 Å². The first-order chi connectivity index (χ1) is 15.1. The normalized spacial score (nSPS) is 10.6. The largest absolute Gasteiger partial charge is 0.497 e. The van der Waals surface area contributed by atoms with E-state index < -0.39 is 0 Å².